The van der Waals surface area contributed by atoms with Crippen molar-refractivity contribution in [3.63, 3.8) is 0 Å². The van der Waals surface area contributed by atoms with Gasteiger partial charge in [-0.15, -0.1) is 0 Å². The number of nitrogens with one attached hydrogen (secondary N) is 1. The minimum Gasteiger partial charge on any atom is -0.331 e. The van der Waals surface area contributed by atoms with Crippen LogP contribution in [0.3, 0.4) is 0 Å². The topological polar surface area (TPSA) is 64.0 Å². The molecule has 126 valence electrons. The maximum absolute atomic E-state index is 12.3. The number of rotatable bonds is 5. The Morgan fingerprint density at radius 3 is 2.62 bits per heavy atom. The zero-order valence-corrected chi connectivity index (χ0v) is 14.9. The van der Waals surface area contributed by atoms with Crippen LogP contribution in [-0.4, -0.2) is 18.0 Å². The molecule has 0 aliphatic rings. The molecule has 0 fully saturated rings. The van der Waals surface area contributed by atoms with Gasteiger partial charge in [-0.2, -0.15) is 0 Å². The molecule has 0 atom stereocenters. The molecule has 0 saturated heterocycles. The number of aryl methyl sites for hydroxylation is 3. The maximum atomic E-state index is 12.3. The normalized spacial score (nSPS) is 12.0. The Morgan fingerprint density at radius 1 is 1.08 bits per heavy atom. The molecule has 0 spiro atoms. The van der Waals surface area contributed by atoms with Crippen LogP contribution in [0, 0.1) is 13.8 Å². The van der Waals surface area contributed by atoms with Gasteiger partial charge in [-0.25, -0.2) is 18.1 Å². The number of hydrogen-bond acceptors (Lipinski definition) is 3. The van der Waals surface area contributed by atoms with E-state index in [0.29, 0.717) is 0 Å². The van der Waals surface area contributed by atoms with Gasteiger partial charge in [0.1, 0.15) is 5.82 Å². The van der Waals surface area contributed by atoms with Crippen LogP contribution >= 0.6 is 0 Å². The molecule has 3 rings (SSSR count). The van der Waals surface area contributed by atoms with Crippen LogP contribution in [0.4, 0.5) is 0 Å². The van der Waals surface area contributed by atoms with Crippen LogP contribution < -0.4 is 4.72 Å². The average molecular weight is 343 g/mol. The molecular formula is C18H21N3O2S. The van der Waals surface area contributed by atoms with Crippen LogP contribution in [0.25, 0.3) is 11.0 Å². The summed E-state index contributed by atoms with van der Waals surface area (Å²) in [5.41, 5.74) is 4.66. The first-order valence-corrected chi connectivity index (χ1v) is 9.44. The number of imidazole rings is 1. The molecule has 24 heavy (non-hydrogen) atoms. The zero-order chi connectivity index (χ0) is 17.3. The van der Waals surface area contributed by atoms with E-state index in [4.69, 9.17) is 0 Å². The first-order valence-electron chi connectivity index (χ1n) is 7.79. The second-order valence-corrected chi connectivity index (χ2v) is 7.92. The highest BCUT2D eigenvalue weighted by molar-refractivity contribution is 7.88. The number of fused-ring (bicyclic) bond motifs is 1. The van der Waals surface area contributed by atoms with Crippen LogP contribution in [0.1, 0.15) is 22.5 Å². The molecule has 1 heterocycles. The van der Waals surface area contributed by atoms with Gasteiger partial charge in [-0.1, -0.05) is 35.9 Å². The first-order chi connectivity index (χ1) is 11.3. The Kier molecular flexibility index (Phi) is 4.43. The lowest BCUT2D eigenvalue weighted by Gasteiger charge is -2.08. The van der Waals surface area contributed by atoms with E-state index in [9.17, 15) is 8.42 Å². The zero-order valence-electron chi connectivity index (χ0n) is 14.1. The smallest absolute Gasteiger partial charge is 0.216 e. The van der Waals surface area contributed by atoms with E-state index in [1.807, 2.05) is 67.9 Å². The van der Waals surface area contributed by atoms with E-state index < -0.39 is 10.0 Å². The van der Waals surface area contributed by atoms with Gasteiger partial charge in [0.2, 0.25) is 10.0 Å². The highest BCUT2D eigenvalue weighted by Gasteiger charge is 2.12. The molecule has 1 N–H and O–H groups in total. The monoisotopic (exact) mass is 343 g/mol. The fraction of sp³-hybridized carbons (Fsp3) is 0.278. The highest BCUT2D eigenvalue weighted by atomic mass is 32.2. The van der Waals surface area contributed by atoms with Gasteiger partial charge < -0.3 is 4.57 Å². The highest BCUT2D eigenvalue weighted by Crippen LogP contribution is 2.16. The average Bonchev–Trinajstić information content (AvgIpc) is 2.79. The fourth-order valence-electron chi connectivity index (χ4n) is 2.74. The molecule has 0 saturated carbocycles. The molecule has 0 aliphatic carbocycles. The predicted octanol–water partition coefficient (Wildman–Crippen LogP) is 2.81. The molecule has 0 bridgehead atoms. The molecule has 6 heteroatoms. The van der Waals surface area contributed by atoms with Crippen molar-refractivity contribution in [3.05, 3.63) is 65.0 Å². The van der Waals surface area contributed by atoms with Crippen LogP contribution in [0.15, 0.2) is 42.5 Å². The molecule has 1 aromatic heterocycles. The molecule has 0 unspecified atom stereocenters. The Balaban J connectivity index is 1.72. The van der Waals surface area contributed by atoms with Crippen molar-refractivity contribution in [2.45, 2.75) is 26.1 Å². The number of hydrogen-bond donors (Lipinski definition) is 1. The molecule has 3 aromatic rings. The standard InChI is InChI=1S/C18H21N3O2S/c1-13-5-4-6-16(9-13)12-24(22,23)19-11-15-7-8-18-17(10-15)20-14(2)21(18)3/h4-10,19H,11-12H2,1-3H3. The summed E-state index contributed by atoms with van der Waals surface area (Å²) in [5, 5.41) is 0. The van der Waals surface area contributed by atoms with Crippen LogP contribution in [0.2, 0.25) is 0 Å². The van der Waals surface area contributed by atoms with Gasteiger partial charge in [-0.05, 0) is 37.1 Å². The lowest BCUT2D eigenvalue weighted by atomic mass is 10.2. The summed E-state index contributed by atoms with van der Waals surface area (Å²) in [6.07, 6.45) is 0. The second kappa shape index (κ2) is 6.37. The van der Waals surface area contributed by atoms with Crippen molar-refractivity contribution in [3.8, 4) is 0 Å². The molecular weight excluding hydrogens is 322 g/mol. The van der Waals surface area contributed by atoms with Gasteiger partial charge >= 0.3 is 0 Å². The Hall–Kier alpha value is -2.18. The molecule has 2 aromatic carbocycles. The van der Waals surface area contributed by atoms with E-state index in [1.54, 1.807) is 0 Å². The van der Waals surface area contributed by atoms with Crippen LogP contribution in [-0.2, 0) is 29.4 Å². The fourth-order valence-corrected chi connectivity index (χ4v) is 3.85. The molecule has 0 amide bonds. The number of nitrogens with zero attached hydrogens (tertiary/aromatic N) is 2. The summed E-state index contributed by atoms with van der Waals surface area (Å²) in [6.45, 7) is 4.16. The summed E-state index contributed by atoms with van der Waals surface area (Å²) in [7, 11) is -1.41. The van der Waals surface area contributed by atoms with Gasteiger partial charge in [0, 0.05) is 13.6 Å². The molecule has 5 nitrogen and oxygen atoms in total. The third-order valence-corrected chi connectivity index (χ3v) is 5.40. The summed E-state index contributed by atoms with van der Waals surface area (Å²) < 4.78 is 29.2. The number of benzene rings is 2. The van der Waals surface area contributed by atoms with Gasteiger partial charge in [-0.3, -0.25) is 0 Å². The van der Waals surface area contributed by atoms with Crippen molar-refractivity contribution >= 4 is 21.1 Å². The SMILES string of the molecule is Cc1cccc(CS(=O)(=O)NCc2ccc3c(c2)nc(C)n3C)c1. The van der Waals surface area contributed by atoms with Crippen LogP contribution in [0.5, 0.6) is 0 Å². The number of aromatic nitrogens is 2. The van der Waals surface area contributed by atoms with Crippen molar-refractivity contribution < 1.29 is 8.42 Å². The van der Waals surface area contributed by atoms with E-state index in [1.165, 1.54) is 0 Å². The summed E-state index contributed by atoms with van der Waals surface area (Å²) in [6, 6.07) is 13.4. The van der Waals surface area contributed by atoms with E-state index in [0.717, 1.165) is 33.5 Å². The van der Waals surface area contributed by atoms with Crippen molar-refractivity contribution in [1.29, 1.82) is 0 Å². The lowest BCUT2D eigenvalue weighted by molar-refractivity contribution is 0.580. The summed E-state index contributed by atoms with van der Waals surface area (Å²) in [5.74, 6) is 0.918. The lowest BCUT2D eigenvalue weighted by Crippen LogP contribution is -2.24. The van der Waals surface area contributed by atoms with Crippen molar-refractivity contribution in [2.24, 2.45) is 7.05 Å². The van der Waals surface area contributed by atoms with Gasteiger partial charge in [0.15, 0.2) is 0 Å². The molecule has 0 aliphatic heterocycles. The summed E-state index contributed by atoms with van der Waals surface area (Å²) in [4.78, 5) is 4.48. The van der Waals surface area contributed by atoms with Gasteiger partial charge in [0.05, 0.1) is 16.8 Å². The Labute approximate surface area is 142 Å². The van der Waals surface area contributed by atoms with Crippen molar-refractivity contribution in [1.82, 2.24) is 14.3 Å². The first kappa shape index (κ1) is 16.7. The van der Waals surface area contributed by atoms with Crippen molar-refractivity contribution in [2.75, 3.05) is 0 Å². The Morgan fingerprint density at radius 2 is 1.88 bits per heavy atom. The number of sulfonamides is 1. The largest absolute Gasteiger partial charge is 0.331 e. The predicted molar refractivity (Wildman–Crippen MR) is 96.1 cm³/mol. The van der Waals surface area contributed by atoms with E-state index in [2.05, 4.69) is 9.71 Å². The van der Waals surface area contributed by atoms with E-state index >= 15 is 0 Å². The Bertz CT molecular complexity index is 991. The molecule has 0 radical (unpaired) electrons. The van der Waals surface area contributed by atoms with Gasteiger partial charge in [0.25, 0.3) is 0 Å². The van der Waals surface area contributed by atoms with E-state index in [-0.39, 0.29) is 12.3 Å². The third-order valence-electron chi connectivity index (χ3n) is 4.10. The second-order valence-electron chi connectivity index (χ2n) is 6.11. The maximum Gasteiger partial charge on any atom is 0.216 e. The minimum absolute atomic E-state index is 0.0143. The minimum atomic E-state index is -3.38. The quantitative estimate of drug-likeness (QED) is 0.775. The summed E-state index contributed by atoms with van der Waals surface area (Å²) >= 11 is 0. The third kappa shape index (κ3) is 3.66.